The Morgan fingerprint density at radius 3 is 2.42 bits per heavy atom. The molecule has 0 unspecified atom stereocenters. The van der Waals surface area contributed by atoms with Gasteiger partial charge in [0.05, 0.1) is 22.8 Å². The molecule has 3 aromatic rings. The van der Waals surface area contributed by atoms with E-state index in [-0.39, 0.29) is 4.90 Å². The summed E-state index contributed by atoms with van der Waals surface area (Å²) in [5.74, 6) is 1.44. The highest BCUT2D eigenvalue weighted by Gasteiger charge is 2.16. The first-order valence-electron chi connectivity index (χ1n) is 7.93. The van der Waals surface area contributed by atoms with Gasteiger partial charge in [0.25, 0.3) is 0 Å². The first kappa shape index (κ1) is 18.2. The largest absolute Gasteiger partial charge is 0.361 e. The average molecular weight is 376 g/mol. The van der Waals surface area contributed by atoms with Crippen LogP contribution in [0.3, 0.4) is 0 Å². The zero-order chi connectivity index (χ0) is 18.9. The van der Waals surface area contributed by atoms with Crippen molar-refractivity contribution in [2.75, 3.05) is 13.3 Å². The molecule has 3 rings (SSSR count). The van der Waals surface area contributed by atoms with Crippen LogP contribution in [0.2, 0.25) is 0 Å². The van der Waals surface area contributed by atoms with Crippen LogP contribution in [0.4, 0.5) is 0 Å². The van der Waals surface area contributed by atoms with E-state index in [1.165, 1.54) is 6.26 Å². The number of sulfone groups is 1. The van der Waals surface area contributed by atoms with Gasteiger partial charge in [-0.1, -0.05) is 5.16 Å². The zero-order valence-corrected chi connectivity index (χ0v) is 15.9. The summed E-state index contributed by atoms with van der Waals surface area (Å²) in [5, 5.41) is 15.8. The van der Waals surface area contributed by atoms with Gasteiger partial charge in [-0.25, -0.2) is 8.42 Å². The lowest BCUT2D eigenvalue weighted by molar-refractivity contribution is 0.304. The number of hydrogen-bond acceptors (Lipinski definition) is 8. The smallest absolute Gasteiger partial charge is 0.175 e. The second-order valence-corrected chi connectivity index (χ2v) is 8.26. The minimum absolute atomic E-state index is 0.256. The lowest BCUT2D eigenvalue weighted by Crippen LogP contribution is -2.20. The normalized spacial score (nSPS) is 12.0. The fraction of sp³-hybridized carbons (Fsp3) is 0.375. The molecule has 0 amide bonds. The van der Waals surface area contributed by atoms with Crippen LogP contribution in [-0.2, 0) is 22.9 Å². The molecule has 10 heteroatoms. The van der Waals surface area contributed by atoms with E-state index in [1.807, 2.05) is 20.9 Å². The van der Waals surface area contributed by atoms with Gasteiger partial charge in [0.2, 0.25) is 0 Å². The molecule has 0 N–H and O–H groups in total. The number of aryl methyl sites for hydroxylation is 2. The van der Waals surface area contributed by atoms with E-state index in [0.717, 1.165) is 17.0 Å². The van der Waals surface area contributed by atoms with Crippen molar-refractivity contribution < 1.29 is 12.9 Å². The van der Waals surface area contributed by atoms with Crippen molar-refractivity contribution in [1.29, 1.82) is 0 Å². The molecule has 0 aliphatic carbocycles. The summed E-state index contributed by atoms with van der Waals surface area (Å²) >= 11 is 0. The summed E-state index contributed by atoms with van der Waals surface area (Å²) in [6.45, 7) is 4.95. The molecule has 0 aliphatic heterocycles. The zero-order valence-electron chi connectivity index (χ0n) is 15.0. The van der Waals surface area contributed by atoms with E-state index in [1.54, 1.807) is 28.9 Å². The third kappa shape index (κ3) is 3.81. The number of nitrogens with zero attached hydrogens (tertiary/aromatic N) is 6. The van der Waals surface area contributed by atoms with E-state index in [0.29, 0.717) is 24.6 Å². The van der Waals surface area contributed by atoms with Crippen molar-refractivity contribution in [1.82, 2.24) is 30.3 Å². The minimum atomic E-state index is -3.24. The van der Waals surface area contributed by atoms with Gasteiger partial charge in [-0.05, 0) is 55.6 Å². The average Bonchev–Trinajstić information content (AvgIpc) is 3.16. The maximum atomic E-state index is 11.6. The number of aromatic nitrogens is 5. The van der Waals surface area contributed by atoms with Crippen LogP contribution >= 0.6 is 0 Å². The Balaban J connectivity index is 1.78. The van der Waals surface area contributed by atoms with Gasteiger partial charge in [0, 0.05) is 18.4 Å². The van der Waals surface area contributed by atoms with Gasteiger partial charge >= 0.3 is 0 Å². The van der Waals surface area contributed by atoms with Crippen LogP contribution in [0.5, 0.6) is 0 Å². The van der Waals surface area contributed by atoms with Gasteiger partial charge < -0.3 is 4.52 Å². The van der Waals surface area contributed by atoms with Crippen molar-refractivity contribution in [2.45, 2.75) is 31.8 Å². The highest BCUT2D eigenvalue weighted by Crippen LogP contribution is 2.17. The molecule has 0 spiro atoms. The molecule has 0 aliphatic rings. The molecule has 138 valence electrons. The Kier molecular flexibility index (Phi) is 4.88. The summed E-state index contributed by atoms with van der Waals surface area (Å²) < 4.78 is 30.0. The van der Waals surface area contributed by atoms with Gasteiger partial charge in [-0.3, -0.25) is 4.90 Å². The van der Waals surface area contributed by atoms with Crippen molar-refractivity contribution in [3.05, 3.63) is 47.1 Å². The van der Waals surface area contributed by atoms with E-state index < -0.39 is 9.84 Å². The quantitative estimate of drug-likeness (QED) is 0.634. The second kappa shape index (κ2) is 6.96. The lowest BCUT2D eigenvalue weighted by atomic mass is 10.2. The molecule has 2 aromatic heterocycles. The fourth-order valence-corrected chi connectivity index (χ4v) is 3.26. The van der Waals surface area contributed by atoms with Gasteiger partial charge in [0.1, 0.15) is 5.76 Å². The maximum absolute atomic E-state index is 11.6. The Labute approximate surface area is 151 Å². The Morgan fingerprint density at radius 2 is 1.85 bits per heavy atom. The summed E-state index contributed by atoms with van der Waals surface area (Å²) in [4.78, 5) is 2.31. The second-order valence-electron chi connectivity index (χ2n) is 6.25. The highest BCUT2D eigenvalue weighted by atomic mass is 32.2. The van der Waals surface area contributed by atoms with E-state index in [2.05, 4.69) is 25.6 Å². The summed E-state index contributed by atoms with van der Waals surface area (Å²) in [7, 11) is -1.28. The number of benzene rings is 1. The third-order valence-electron chi connectivity index (χ3n) is 4.06. The molecule has 0 fully saturated rings. The SMILES string of the molecule is Cc1noc(C)c1CN(C)Cc1nnnn1-c1ccc(S(C)(=O)=O)cc1. The molecular formula is C16H20N6O3S. The molecule has 0 saturated heterocycles. The molecule has 1 aromatic carbocycles. The molecule has 0 atom stereocenters. The molecule has 9 nitrogen and oxygen atoms in total. The first-order valence-corrected chi connectivity index (χ1v) is 9.83. The summed E-state index contributed by atoms with van der Waals surface area (Å²) in [6.07, 6.45) is 1.17. The predicted molar refractivity (Wildman–Crippen MR) is 93.4 cm³/mol. The Morgan fingerprint density at radius 1 is 1.15 bits per heavy atom. The van der Waals surface area contributed by atoms with Crippen LogP contribution in [0.15, 0.2) is 33.7 Å². The van der Waals surface area contributed by atoms with Crippen LogP contribution in [0, 0.1) is 13.8 Å². The fourth-order valence-electron chi connectivity index (χ4n) is 2.63. The van der Waals surface area contributed by atoms with Crippen LogP contribution in [0.25, 0.3) is 5.69 Å². The van der Waals surface area contributed by atoms with E-state index in [9.17, 15) is 8.42 Å². The van der Waals surface area contributed by atoms with Crippen LogP contribution < -0.4 is 0 Å². The van der Waals surface area contributed by atoms with Crippen molar-refractivity contribution >= 4 is 9.84 Å². The molecule has 0 saturated carbocycles. The highest BCUT2D eigenvalue weighted by molar-refractivity contribution is 7.90. The van der Waals surface area contributed by atoms with E-state index >= 15 is 0 Å². The van der Waals surface area contributed by atoms with Gasteiger partial charge in [-0.15, -0.1) is 5.10 Å². The number of rotatable bonds is 6. The molecular weight excluding hydrogens is 356 g/mol. The predicted octanol–water partition coefficient (Wildman–Crippen LogP) is 1.30. The third-order valence-corrected chi connectivity index (χ3v) is 5.19. The maximum Gasteiger partial charge on any atom is 0.175 e. The standard InChI is InChI=1S/C16H20N6O3S/c1-11-15(12(2)25-18-11)9-21(3)10-16-17-19-20-22(16)13-5-7-14(8-6-13)26(4,23)24/h5-8H,9-10H2,1-4H3. The van der Waals surface area contributed by atoms with Gasteiger partial charge in [0.15, 0.2) is 15.7 Å². The molecule has 0 bridgehead atoms. The lowest BCUT2D eigenvalue weighted by Gasteiger charge is -2.16. The van der Waals surface area contributed by atoms with E-state index in [4.69, 9.17) is 4.52 Å². The van der Waals surface area contributed by atoms with Gasteiger partial charge in [-0.2, -0.15) is 4.68 Å². The number of tetrazole rings is 1. The summed E-state index contributed by atoms with van der Waals surface area (Å²) in [6, 6.07) is 6.46. The monoisotopic (exact) mass is 376 g/mol. The Bertz CT molecular complexity index is 988. The molecule has 2 heterocycles. The van der Waals surface area contributed by atoms with Crippen molar-refractivity contribution in [3.8, 4) is 5.69 Å². The topological polar surface area (TPSA) is 107 Å². The molecule has 26 heavy (non-hydrogen) atoms. The van der Waals surface area contributed by atoms with Crippen LogP contribution in [0.1, 0.15) is 22.8 Å². The first-order chi connectivity index (χ1) is 12.3. The molecule has 0 radical (unpaired) electrons. The minimum Gasteiger partial charge on any atom is -0.361 e. The van der Waals surface area contributed by atoms with Crippen molar-refractivity contribution in [3.63, 3.8) is 0 Å². The van der Waals surface area contributed by atoms with Crippen LogP contribution in [-0.4, -0.2) is 52.0 Å². The Hall–Kier alpha value is -2.59. The van der Waals surface area contributed by atoms with Crippen molar-refractivity contribution in [2.24, 2.45) is 0 Å². The number of hydrogen-bond donors (Lipinski definition) is 0. The summed E-state index contributed by atoms with van der Waals surface area (Å²) in [5.41, 5.74) is 2.61.